The van der Waals surface area contributed by atoms with Crippen LogP contribution in [0.3, 0.4) is 0 Å². The first kappa shape index (κ1) is 19.6. The second-order valence-corrected chi connectivity index (χ2v) is 6.98. The van der Waals surface area contributed by atoms with Gasteiger partial charge in [0.2, 0.25) is 0 Å². The molecule has 0 radical (unpaired) electrons. The fourth-order valence-electron chi connectivity index (χ4n) is 3.79. The van der Waals surface area contributed by atoms with Gasteiger partial charge in [-0.05, 0) is 42.0 Å². The minimum absolute atomic E-state index is 0.130. The highest BCUT2D eigenvalue weighted by atomic mass is 16.5. The molecule has 5 heteroatoms. The molecule has 1 aliphatic rings. The third-order valence-electron chi connectivity index (χ3n) is 5.25. The third kappa shape index (κ3) is 3.87. The molecule has 3 aromatic rings. The number of nitrogens with zero attached hydrogens (tertiary/aromatic N) is 2. The fourth-order valence-corrected chi connectivity index (χ4v) is 3.79. The molecule has 1 fully saturated rings. The number of benzene rings is 3. The van der Waals surface area contributed by atoms with Gasteiger partial charge in [-0.25, -0.2) is 4.79 Å². The van der Waals surface area contributed by atoms with Crippen LogP contribution in [0.4, 0.5) is 11.4 Å². The Morgan fingerprint density at radius 1 is 0.867 bits per heavy atom. The molecule has 1 unspecified atom stereocenters. The molecule has 1 saturated heterocycles. The summed E-state index contributed by atoms with van der Waals surface area (Å²) in [4.78, 5) is 16.7. The molecule has 0 aliphatic carbocycles. The summed E-state index contributed by atoms with van der Waals surface area (Å²) in [6.45, 7) is 0.596. The normalized spacial score (nSPS) is 17.3. The van der Waals surface area contributed by atoms with Gasteiger partial charge in [0.15, 0.2) is 0 Å². The Hall–Kier alpha value is -3.73. The van der Waals surface area contributed by atoms with Gasteiger partial charge in [0.1, 0.15) is 5.75 Å². The van der Waals surface area contributed by atoms with Crippen molar-refractivity contribution in [1.82, 2.24) is 0 Å². The number of methoxy groups -OCH3 is 2. The average Bonchev–Trinajstić information content (AvgIpc) is 3.19. The summed E-state index contributed by atoms with van der Waals surface area (Å²) < 4.78 is 10.3. The summed E-state index contributed by atoms with van der Waals surface area (Å²) in [5.74, 6) is 0.412. The van der Waals surface area contributed by atoms with Crippen LogP contribution in [-0.2, 0) is 9.53 Å². The summed E-state index contributed by atoms with van der Waals surface area (Å²) in [5, 5.41) is 0. The van der Waals surface area contributed by atoms with Crippen molar-refractivity contribution in [2.45, 2.75) is 6.04 Å². The first-order valence-corrected chi connectivity index (χ1v) is 9.79. The second kappa shape index (κ2) is 8.74. The minimum atomic E-state index is -0.376. The molecule has 0 N–H and O–H groups in total. The van der Waals surface area contributed by atoms with E-state index in [0.717, 1.165) is 28.4 Å². The van der Waals surface area contributed by atoms with Crippen LogP contribution in [-0.4, -0.2) is 26.9 Å². The molecule has 0 spiro atoms. The van der Waals surface area contributed by atoms with E-state index in [-0.39, 0.29) is 12.0 Å². The van der Waals surface area contributed by atoms with E-state index >= 15 is 0 Å². The van der Waals surface area contributed by atoms with Crippen LogP contribution in [0.15, 0.2) is 96.7 Å². The summed E-state index contributed by atoms with van der Waals surface area (Å²) in [7, 11) is 3.05. The molecule has 1 heterocycles. The zero-order valence-corrected chi connectivity index (χ0v) is 17.1. The van der Waals surface area contributed by atoms with Crippen LogP contribution < -0.4 is 14.5 Å². The number of hydrogen-bond acceptors (Lipinski definition) is 5. The molecule has 0 aromatic heterocycles. The van der Waals surface area contributed by atoms with Crippen LogP contribution in [0.25, 0.3) is 0 Å². The Morgan fingerprint density at radius 2 is 1.50 bits per heavy atom. The number of anilines is 2. The first-order chi connectivity index (χ1) is 14.7. The molecule has 0 bridgehead atoms. The predicted molar refractivity (Wildman–Crippen MR) is 119 cm³/mol. The number of rotatable bonds is 5. The van der Waals surface area contributed by atoms with Gasteiger partial charge in [0, 0.05) is 17.5 Å². The van der Waals surface area contributed by atoms with Crippen molar-refractivity contribution in [2.75, 3.05) is 30.7 Å². The van der Waals surface area contributed by atoms with Gasteiger partial charge in [-0.2, -0.15) is 0 Å². The highest BCUT2D eigenvalue weighted by Crippen LogP contribution is 2.42. The number of carbonyl (C=O) groups is 1. The molecule has 5 nitrogen and oxygen atoms in total. The number of esters is 1. The van der Waals surface area contributed by atoms with Gasteiger partial charge < -0.3 is 19.3 Å². The Morgan fingerprint density at radius 3 is 2.10 bits per heavy atom. The van der Waals surface area contributed by atoms with Gasteiger partial charge in [0.05, 0.1) is 32.6 Å². The van der Waals surface area contributed by atoms with E-state index in [4.69, 9.17) is 9.47 Å². The molecular weight excluding hydrogens is 376 g/mol. The molecule has 0 amide bonds. The topological polar surface area (TPSA) is 42.0 Å². The Kier molecular flexibility index (Phi) is 5.70. The van der Waals surface area contributed by atoms with Crippen LogP contribution in [0.5, 0.6) is 5.75 Å². The smallest absolute Gasteiger partial charge is 0.332 e. The predicted octanol–water partition coefficient (Wildman–Crippen LogP) is 4.78. The lowest BCUT2D eigenvalue weighted by atomic mass is 10.0. The lowest BCUT2D eigenvalue weighted by Crippen LogP contribution is -2.26. The molecule has 152 valence electrons. The summed E-state index contributed by atoms with van der Waals surface area (Å²) in [6, 6.07) is 28.2. The zero-order chi connectivity index (χ0) is 20.9. The fraction of sp³-hybridized carbons (Fsp3) is 0.160. The molecule has 30 heavy (non-hydrogen) atoms. The van der Waals surface area contributed by atoms with Crippen molar-refractivity contribution in [3.05, 3.63) is 102 Å². The minimum Gasteiger partial charge on any atom is -0.497 e. The maximum atomic E-state index is 12.3. The highest BCUT2D eigenvalue weighted by Gasteiger charge is 2.37. The van der Waals surface area contributed by atoms with Crippen molar-refractivity contribution in [3.63, 3.8) is 0 Å². The molecule has 4 rings (SSSR count). The first-order valence-electron chi connectivity index (χ1n) is 9.79. The van der Waals surface area contributed by atoms with E-state index in [1.54, 1.807) is 13.2 Å². The number of carbonyl (C=O) groups excluding carboxylic acids is 1. The Balaban J connectivity index is 1.85. The van der Waals surface area contributed by atoms with Crippen LogP contribution >= 0.6 is 0 Å². The van der Waals surface area contributed by atoms with Gasteiger partial charge in [-0.15, -0.1) is 0 Å². The van der Waals surface area contributed by atoms with Gasteiger partial charge in [-0.3, -0.25) is 0 Å². The molecule has 1 aliphatic heterocycles. The Bertz CT molecular complexity index is 1020. The Labute approximate surface area is 176 Å². The van der Waals surface area contributed by atoms with Crippen molar-refractivity contribution in [3.8, 4) is 5.75 Å². The van der Waals surface area contributed by atoms with Gasteiger partial charge in [0.25, 0.3) is 0 Å². The molecule has 1 atom stereocenters. The number of ether oxygens (including phenoxy) is 2. The molecule has 0 saturated carbocycles. The number of hydrogen-bond donors (Lipinski definition) is 0. The highest BCUT2D eigenvalue weighted by molar-refractivity contribution is 5.85. The summed E-state index contributed by atoms with van der Waals surface area (Å²) in [6.07, 6.45) is 1.59. The van der Waals surface area contributed by atoms with E-state index < -0.39 is 0 Å². The van der Waals surface area contributed by atoms with Crippen LogP contribution in [0.2, 0.25) is 0 Å². The SMILES string of the molecule is COC(=O)/C=C1/C(c2ccccc2)N(c2ccccc2)CN1c1ccc(OC)cc1. The summed E-state index contributed by atoms with van der Waals surface area (Å²) >= 11 is 0. The van der Waals surface area contributed by atoms with E-state index in [1.807, 2.05) is 60.7 Å². The van der Waals surface area contributed by atoms with Crippen LogP contribution in [0, 0.1) is 0 Å². The lowest BCUT2D eigenvalue weighted by Gasteiger charge is -2.25. The van der Waals surface area contributed by atoms with Crippen LogP contribution in [0.1, 0.15) is 11.6 Å². The van der Waals surface area contributed by atoms with Gasteiger partial charge >= 0.3 is 5.97 Å². The average molecular weight is 400 g/mol. The van der Waals surface area contributed by atoms with Crippen molar-refractivity contribution < 1.29 is 14.3 Å². The summed E-state index contributed by atoms with van der Waals surface area (Å²) in [5.41, 5.74) is 4.03. The van der Waals surface area contributed by atoms with E-state index in [9.17, 15) is 4.79 Å². The zero-order valence-electron chi connectivity index (χ0n) is 17.1. The lowest BCUT2D eigenvalue weighted by molar-refractivity contribution is -0.134. The maximum Gasteiger partial charge on any atom is 0.332 e. The van der Waals surface area contributed by atoms with E-state index in [2.05, 4.69) is 34.1 Å². The van der Waals surface area contributed by atoms with Crippen molar-refractivity contribution in [1.29, 1.82) is 0 Å². The van der Waals surface area contributed by atoms with Crippen molar-refractivity contribution >= 4 is 17.3 Å². The van der Waals surface area contributed by atoms with E-state index in [0.29, 0.717) is 6.67 Å². The molecule has 3 aromatic carbocycles. The quantitative estimate of drug-likeness (QED) is 0.456. The monoisotopic (exact) mass is 400 g/mol. The van der Waals surface area contributed by atoms with Crippen molar-refractivity contribution in [2.24, 2.45) is 0 Å². The van der Waals surface area contributed by atoms with Gasteiger partial charge in [-0.1, -0.05) is 48.5 Å². The number of para-hydroxylation sites is 1. The maximum absolute atomic E-state index is 12.3. The standard InChI is InChI=1S/C25H24N2O3/c1-29-22-15-13-21(14-16-22)26-18-27(20-11-7-4-8-12-20)25(19-9-5-3-6-10-19)23(26)17-24(28)30-2/h3-17,25H,18H2,1-2H3/b23-17-. The molecular formula is C25H24N2O3. The van der Waals surface area contributed by atoms with E-state index in [1.165, 1.54) is 7.11 Å². The second-order valence-electron chi connectivity index (χ2n) is 6.98. The third-order valence-corrected chi connectivity index (χ3v) is 5.25. The largest absolute Gasteiger partial charge is 0.497 e.